The number of aromatic nitrogens is 3. The van der Waals surface area contributed by atoms with Crippen LogP contribution in [0.1, 0.15) is 0 Å². The van der Waals surface area contributed by atoms with Gasteiger partial charge in [0, 0.05) is 0 Å². The molecule has 0 fully saturated rings. The van der Waals surface area contributed by atoms with Crippen LogP contribution in [0.3, 0.4) is 0 Å². The highest BCUT2D eigenvalue weighted by atomic mass is 35.5. The smallest absolute Gasteiger partial charge is 0.248 e. The van der Waals surface area contributed by atoms with E-state index in [0.717, 1.165) is 24.5 Å². The van der Waals surface area contributed by atoms with E-state index in [-0.39, 0.29) is 15.9 Å². The summed E-state index contributed by atoms with van der Waals surface area (Å²) in [5, 5.41) is 5.59. The van der Waals surface area contributed by atoms with Crippen molar-refractivity contribution in [3.05, 3.63) is 35.4 Å². The Balaban J connectivity index is 2.38. The predicted octanol–water partition coefficient (Wildman–Crippen LogP) is 1.40. The van der Waals surface area contributed by atoms with Gasteiger partial charge in [-0.3, -0.25) is 0 Å². The second-order valence-electron chi connectivity index (χ2n) is 3.01. The number of benzene rings is 1. The first-order valence-corrected chi connectivity index (χ1v) is 6.18. The van der Waals surface area contributed by atoms with Crippen LogP contribution in [0.4, 0.5) is 10.3 Å². The third-order valence-corrected chi connectivity index (χ3v) is 3.65. The summed E-state index contributed by atoms with van der Waals surface area (Å²) < 4.78 is 38.5. The van der Waals surface area contributed by atoms with Crippen molar-refractivity contribution in [2.75, 3.05) is 4.72 Å². The van der Waals surface area contributed by atoms with E-state index in [1.807, 2.05) is 0 Å². The minimum absolute atomic E-state index is 0.0506. The van der Waals surface area contributed by atoms with Crippen LogP contribution < -0.4 is 4.72 Å². The first kappa shape index (κ1) is 11.8. The van der Waals surface area contributed by atoms with Crippen LogP contribution in [-0.2, 0) is 10.0 Å². The van der Waals surface area contributed by atoms with Crippen LogP contribution in [0.15, 0.2) is 29.4 Å². The number of rotatable bonds is 3. The molecular weight excluding hydrogens is 271 g/mol. The summed E-state index contributed by atoms with van der Waals surface area (Å²) in [4.78, 5) is 3.36. The van der Waals surface area contributed by atoms with Gasteiger partial charge in [0.05, 0.1) is 5.02 Å². The Morgan fingerprint density at radius 1 is 1.41 bits per heavy atom. The van der Waals surface area contributed by atoms with Gasteiger partial charge in [0.1, 0.15) is 17.0 Å². The number of nitrogens with one attached hydrogen (secondary N) is 2. The number of hydrogen-bond acceptors (Lipinski definition) is 4. The fourth-order valence-corrected chi connectivity index (χ4v) is 2.63. The molecule has 0 aliphatic carbocycles. The van der Waals surface area contributed by atoms with E-state index >= 15 is 0 Å². The average molecular weight is 277 g/mol. The Kier molecular flexibility index (Phi) is 2.99. The number of H-pyrrole nitrogens is 1. The molecule has 0 bridgehead atoms. The van der Waals surface area contributed by atoms with E-state index < -0.39 is 15.8 Å². The molecule has 0 spiro atoms. The monoisotopic (exact) mass is 276 g/mol. The SMILES string of the molecule is O=S(=O)(Nc1ncn[nH]1)c1ccc(F)cc1Cl. The van der Waals surface area contributed by atoms with Gasteiger partial charge in [0.2, 0.25) is 5.95 Å². The maximum atomic E-state index is 12.8. The van der Waals surface area contributed by atoms with Crippen molar-refractivity contribution in [2.45, 2.75) is 4.90 Å². The van der Waals surface area contributed by atoms with E-state index in [2.05, 4.69) is 19.9 Å². The summed E-state index contributed by atoms with van der Waals surface area (Å²) in [6.07, 6.45) is 1.14. The quantitative estimate of drug-likeness (QED) is 0.887. The maximum Gasteiger partial charge on any atom is 0.265 e. The molecule has 0 saturated carbocycles. The molecule has 0 amide bonds. The molecule has 0 aliphatic rings. The van der Waals surface area contributed by atoms with Gasteiger partial charge in [-0.1, -0.05) is 11.6 Å². The molecule has 2 rings (SSSR count). The number of anilines is 1. The number of aromatic amines is 1. The molecular formula is C8H6ClFN4O2S. The Morgan fingerprint density at radius 3 is 2.76 bits per heavy atom. The van der Waals surface area contributed by atoms with E-state index in [1.54, 1.807) is 0 Å². The van der Waals surface area contributed by atoms with Gasteiger partial charge in [0.15, 0.2) is 0 Å². The normalized spacial score (nSPS) is 11.4. The minimum atomic E-state index is -3.91. The zero-order valence-electron chi connectivity index (χ0n) is 8.18. The molecule has 2 aromatic rings. The van der Waals surface area contributed by atoms with E-state index in [1.165, 1.54) is 0 Å². The largest absolute Gasteiger partial charge is 0.265 e. The molecule has 0 atom stereocenters. The van der Waals surface area contributed by atoms with Crippen LogP contribution in [0.25, 0.3) is 0 Å². The lowest BCUT2D eigenvalue weighted by atomic mass is 10.3. The molecule has 90 valence electrons. The van der Waals surface area contributed by atoms with Crippen molar-refractivity contribution < 1.29 is 12.8 Å². The van der Waals surface area contributed by atoms with Crippen molar-refractivity contribution >= 4 is 27.6 Å². The molecule has 6 nitrogen and oxygen atoms in total. The van der Waals surface area contributed by atoms with Crippen molar-refractivity contribution in [2.24, 2.45) is 0 Å². The van der Waals surface area contributed by atoms with Gasteiger partial charge in [-0.05, 0) is 18.2 Å². The molecule has 0 saturated heterocycles. The van der Waals surface area contributed by atoms with Crippen LogP contribution in [0.5, 0.6) is 0 Å². The average Bonchev–Trinajstić information content (AvgIpc) is 2.68. The molecule has 2 N–H and O–H groups in total. The summed E-state index contributed by atoms with van der Waals surface area (Å²) in [5.41, 5.74) is 0. The summed E-state index contributed by atoms with van der Waals surface area (Å²) in [6, 6.07) is 2.98. The first-order valence-electron chi connectivity index (χ1n) is 4.32. The Bertz CT molecular complexity index is 629. The molecule has 0 unspecified atom stereocenters. The second kappa shape index (κ2) is 4.30. The zero-order chi connectivity index (χ0) is 12.5. The van der Waals surface area contributed by atoms with Gasteiger partial charge < -0.3 is 0 Å². The van der Waals surface area contributed by atoms with Crippen molar-refractivity contribution in [1.82, 2.24) is 15.2 Å². The molecule has 0 aliphatic heterocycles. The highest BCUT2D eigenvalue weighted by Gasteiger charge is 2.19. The fraction of sp³-hybridized carbons (Fsp3) is 0. The number of hydrogen-bond donors (Lipinski definition) is 2. The standard InChI is InChI=1S/C8H6ClFN4O2S/c9-6-3-5(10)1-2-7(6)17(15,16)14-8-11-4-12-13-8/h1-4H,(H2,11,12,13,14). The van der Waals surface area contributed by atoms with Crippen molar-refractivity contribution in [1.29, 1.82) is 0 Å². The van der Waals surface area contributed by atoms with Crippen LogP contribution >= 0.6 is 11.6 Å². The second-order valence-corrected chi connectivity index (χ2v) is 5.07. The Labute approximate surface area is 101 Å². The lowest BCUT2D eigenvalue weighted by Gasteiger charge is -2.06. The maximum absolute atomic E-state index is 12.8. The summed E-state index contributed by atoms with van der Waals surface area (Å²) in [6.45, 7) is 0. The molecule has 1 aromatic carbocycles. The first-order chi connectivity index (χ1) is 7.99. The van der Waals surface area contributed by atoms with Gasteiger partial charge >= 0.3 is 0 Å². The summed E-state index contributed by atoms with van der Waals surface area (Å²) in [5.74, 6) is -0.668. The Morgan fingerprint density at radius 2 is 2.18 bits per heavy atom. The summed E-state index contributed by atoms with van der Waals surface area (Å²) >= 11 is 5.65. The molecule has 1 heterocycles. The minimum Gasteiger partial charge on any atom is -0.248 e. The third kappa shape index (κ3) is 2.53. The highest BCUT2D eigenvalue weighted by Crippen LogP contribution is 2.23. The number of sulfonamides is 1. The van der Waals surface area contributed by atoms with E-state index in [0.29, 0.717) is 0 Å². The van der Waals surface area contributed by atoms with Crippen molar-refractivity contribution in [3.8, 4) is 0 Å². The van der Waals surface area contributed by atoms with Crippen LogP contribution in [0, 0.1) is 5.82 Å². The van der Waals surface area contributed by atoms with E-state index in [9.17, 15) is 12.8 Å². The number of halogens is 2. The van der Waals surface area contributed by atoms with Gasteiger partial charge in [-0.25, -0.2) is 22.6 Å². The Hall–Kier alpha value is -1.67. The number of nitrogens with zero attached hydrogens (tertiary/aromatic N) is 2. The predicted molar refractivity (Wildman–Crippen MR) is 58.6 cm³/mol. The third-order valence-electron chi connectivity index (χ3n) is 1.83. The zero-order valence-corrected chi connectivity index (χ0v) is 9.76. The van der Waals surface area contributed by atoms with Crippen LogP contribution in [-0.4, -0.2) is 23.6 Å². The van der Waals surface area contributed by atoms with Crippen molar-refractivity contribution in [3.63, 3.8) is 0 Å². The molecule has 0 radical (unpaired) electrons. The molecule has 1 aromatic heterocycles. The summed E-state index contributed by atoms with van der Waals surface area (Å²) in [7, 11) is -3.91. The van der Waals surface area contributed by atoms with Gasteiger partial charge in [0.25, 0.3) is 10.0 Å². The van der Waals surface area contributed by atoms with Crippen LogP contribution in [0.2, 0.25) is 5.02 Å². The van der Waals surface area contributed by atoms with Gasteiger partial charge in [-0.15, -0.1) is 0 Å². The topological polar surface area (TPSA) is 87.7 Å². The fourth-order valence-electron chi connectivity index (χ4n) is 1.13. The van der Waals surface area contributed by atoms with Gasteiger partial charge in [-0.2, -0.15) is 10.1 Å². The highest BCUT2D eigenvalue weighted by molar-refractivity contribution is 7.92. The molecule has 17 heavy (non-hydrogen) atoms. The van der Waals surface area contributed by atoms with E-state index in [4.69, 9.17) is 11.6 Å². The lowest BCUT2D eigenvalue weighted by molar-refractivity contribution is 0.599. The molecule has 9 heteroatoms. The lowest BCUT2D eigenvalue weighted by Crippen LogP contribution is -2.14.